The number of hydrogen-bond acceptors (Lipinski definition) is 0. The van der Waals surface area contributed by atoms with E-state index in [-0.39, 0.29) is 0 Å². The summed E-state index contributed by atoms with van der Waals surface area (Å²) in [6.07, 6.45) is 8.93. The molecule has 62 valence electrons. The smallest absolute Gasteiger partial charge is 0.0443 e. The first-order valence-corrected chi connectivity index (χ1v) is 4.89. The third kappa shape index (κ3) is 4.84. The molecule has 1 saturated carbocycles. The Morgan fingerprint density at radius 1 is 0.800 bits per heavy atom. The third-order valence-electron chi connectivity index (χ3n) is 2.14. The summed E-state index contributed by atoms with van der Waals surface area (Å²) in [6.45, 7) is 6.38. The van der Waals surface area contributed by atoms with Crippen molar-refractivity contribution in [1.82, 2.24) is 0 Å². The SMILES string of the molecule is CC.CC1CCCCCC1. The van der Waals surface area contributed by atoms with Crippen LogP contribution in [0.1, 0.15) is 59.3 Å². The van der Waals surface area contributed by atoms with E-state index in [9.17, 15) is 0 Å². The standard InChI is InChI=1S/C8H16.C2H6/c1-8-6-4-2-3-5-7-8;1-2/h8H,2-7H2,1H3;1-2H3. The Kier molecular flexibility index (Phi) is 7.11. The zero-order valence-corrected chi connectivity index (χ0v) is 7.82. The highest BCUT2D eigenvalue weighted by Crippen LogP contribution is 2.21. The highest BCUT2D eigenvalue weighted by atomic mass is 14.1. The fraction of sp³-hybridized carbons (Fsp3) is 1.00. The fourth-order valence-corrected chi connectivity index (χ4v) is 1.48. The molecule has 0 heterocycles. The van der Waals surface area contributed by atoms with Gasteiger partial charge in [0, 0.05) is 0 Å². The lowest BCUT2D eigenvalue weighted by molar-refractivity contribution is 0.505. The molecule has 1 rings (SSSR count). The zero-order chi connectivity index (χ0) is 7.82. The van der Waals surface area contributed by atoms with Crippen LogP contribution in [0.5, 0.6) is 0 Å². The van der Waals surface area contributed by atoms with Crippen LogP contribution in [-0.4, -0.2) is 0 Å². The summed E-state index contributed by atoms with van der Waals surface area (Å²) in [5.74, 6) is 1.03. The van der Waals surface area contributed by atoms with E-state index in [2.05, 4.69) is 6.92 Å². The van der Waals surface area contributed by atoms with Gasteiger partial charge in [0.15, 0.2) is 0 Å². The lowest BCUT2D eigenvalue weighted by Crippen LogP contribution is -1.88. The van der Waals surface area contributed by atoms with Crippen molar-refractivity contribution in [2.24, 2.45) is 5.92 Å². The van der Waals surface area contributed by atoms with Crippen molar-refractivity contribution >= 4 is 0 Å². The Morgan fingerprint density at radius 3 is 1.60 bits per heavy atom. The largest absolute Gasteiger partial charge is 0.0683 e. The maximum absolute atomic E-state index is 2.38. The molecule has 0 unspecified atom stereocenters. The lowest BCUT2D eigenvalue weighted by atomic mass is 10.0. The summed E-state index contributed by atoms with van der Waals surface area (Å²) in [5.41, 5.74) is 0. The van der Waals surface area contributed by atoms with Gasteiger partial charge < -0.3 is 0 Å². The second-order valence-electron chi connectivity index (χ2n) is 3.10. The maximum atomic E-state index is 2.38. The van der Waals surface area contributed by atoms with Crippen LogP contribution in [0.4, 0.5) is 0 Å². The minimum Gasteiger partial charge on any atom is -0.0683 e. The molecule has 0 nitrogen and oxygen atoms in total. The van der Waals surface area contributed by atoms with Gasteiger partial charge in [-0.2, -0.15) is 0 Å². The first-order valence-electron chi connectivity index (χ1n) is 4.89. The van der Waals surface area contributed by atoms with Gasteiger partial charge in [-0.25, -0.2) is 0 Å². The van der Waals surface area contributed by atoms with Gasteiger partial charge in [0.1, 0.15) is 0 Å². The van der Waals surface area contributed by atoms with Crippen LogP contribution < -0.4 is 0 Å². The predicted octanol–water partition coefficient (Wildman–Crippen LogP) is 4.00. The van der Waals surface area contributed by atoms with Gasteiger partial charge in [0.05, 0.1) is 0 Å². The van der Waals surface area contributed by atoms with E-state index in [1.165, 1.54) is 38.5 Å². The van der Waals surface area contributed by atoms with Gasteiger partial charge in [0.25, 0.3) is 0 Å². The van der Waals surface area contributed by atoms with Gasteiger partial charge in [-0.05, 0) is 5.92 Å². The average Bonchev–Trinajstić information content (AvgIpc) is 2.21. The average molecular weight is 142 g/mol. The topological polar surface area (TPSA) is 0 Å². The highest BCUT2D eigenvalue weighted by molar-refractivity contribution is 4.58. The fourth-order valence-electron chi connectivity index (χ4n) is 1.48. The first-order chi connectivity index (χ1) is 4.89. The summed E-state index contributed by atoms with van der Waals surface area (Å²) in [7, 11) is 0. The van der Waals surface area contributed by atoms with E-state index in [1.807, 2.05) is 13.8 Å². The molecule has 0 aromatic heterocycles. The van der Waals surface area contributed by atoms with Crippen LogP contribution in [0, 0.1) is 5.92 Å². The molecular formula is C10H22. The van der Waals surface area contributed by atoms with Crippen molar-refractivity contribution in [3.05, 3.63) is 0 Å². The summed E-state index contributed by atoms with van der Waals surface area (Å²) < 4.78 is 0. The minimum absolute atomic E-state index is 1.03. The summed E-state index contributed by atoms with van der Waals surface area (Å²) in [4.78, 5) is 0. The van der Waals surface area contributed by atoms with Crippen LogP contribution in [0.3, 0.4) is 0 Å². The molecule has 0 aromatic rings. The lowest BCUT2D eigenvalue weighted by Gasteiger charge is -2.02. The molecule has 0 N–H and O–H groups in total. The van der Waals surface area contributed by atoms with Crippen LogP contribution in [0.2, 0.25) is 0 Å². The van der Waals surface area contributed by atoms with Gasteiger partial charge >= 0.3 is 0 Å². The second-order valence-corrected chi connectivity index (χ2v) is 3.10. The van der Waals surface area contributed by atoms with Gasteiger partial charge in [0.2, 0.25) is 0 Å². The van der Waals surface area contributed by atoms with E-state index in [1.54, 1.807) is 0 Å². The molecule has 0 spiro atoms. The molecule has 1 aliphatic rings. The molecule has 1 aliphatic carbocycles. The predicted molar refractivity (Wildman–Crippen MR) is 48.2 cm³/mol. The van der Waals surface area contributed by atoms with Crippen molar-refractivity contribution in [3.63, 3.8) is 0 Å². The Morgan fingerprint density at radius 2 is 1.20 bits per heavy atom. The molecular weight excluding hydrogens is 120 g/mol. The molecule has 0 aromatic carbocycles. The van der Waals surface area contributed by atoms with Crippen molar-refractivity contribution < 1.29 is 0 Å². The van der Waals surface area contributed by atoms with Crippen molar-refractivity contribution in [3.8, 4) is 0 Å². The van der Waals surface area contributed by atoms with Crippen LogP contribution in [0.25, 0.3) is 0 Å². The molecule has 10 heavy (non-hydrogen) atoms. The Labute approximate surface area is 66.0 Å². The van der Waals surface area contributed by atoms with E-state index in [0.29, 0.717) is 0 Å². The quantitative estimate of drug-likeness (QED) is 0.448. The van der Waals surface area contributed by atoms with Gasteiger partial charge in [-0.15, -0.1) is 0 Å². The second kappa shape index (κ2) is 7.11. The molecule has 0 amide bonds. The molecule has 1 fully saturated rings. The first kappa shape index (κ1) is 10.0. The van der Waals surface area contributed by atoms with E-state index in [0.717, 1.165) is 5.92 Å². The Hall–Kier alpha value is 0. The van der Waals surface area contributed by atoms with Crippen LogP contribution in [0.15, 0.2) is 0 Å². The van der Waals surface area contributed by atoms with E-state index >= 15 is 0 Å². The molecule has 0 heteroatoms. The highest BCUT2D eigenvalue weighted by Gasteiger charge is 2.04. The van der Waals surface area contributed by atoms with Crippen molar-refractivity contribution in [2.75, 3.05) is 0 Å². The minimum atomic E-state index is 1.03. The Bertz CT molecular complexity index is 49.1. The number of hydrogen-bond donors (Lipinski definition) is 0. The summed E-state index contributed by atoms with van der Waals surface area (Å²) in [6, 6.07) is 0. The van der Waals surface area contributed by atoms with Crippen LogP contribution in [-0.2, 0) is 0 Å². The maximum Gasteiger partial charge on any atom is -0.0443 e. The summed E-state index contributed by atoms with van der Waals surface area (Å²) >= 11 is 0. The molecule has 0 bridgehead atoms. The summed E-state index contributed by atoms with van der Waals surface area (Å²) in [5, 5.41) is 0. The van der Waals surface area contributed by atoms with Gasteiger partial charge in [-0.3, -0.25) is 0 Å². The van der Waals surface area contributed by atoms with Crippen molar-refractivity contribution in [1.29, 1.82) is 0 Å². The van der Waals surface area contributed by atoms with Gasteiger partial charge in [-0.1, -0.05) is 59.3 Å². The van der Waals surface area contributed by atoms with Crippen molar-refractivity contribution in [2.45, 2.75) is 59.3 Å². The molecule has 0 radical (unpaired) electrons. The van der Waals surface area contributed by atoms with E-state index in [4.69, 9.17) is 0 Å². The third-order valence-corrected chi connectivity index (χ3v) is 2.14. The Balaban J connectivity index is 0.000000371. The molecule has 0 atom stereocenters. The number of rotatable bonds is 0. The monoisotopic (exact) mass is 142 g/mol. The van der Waals surface area contributed by atoms with E-state index < -0.39 is 0 Å². The van der Waals surface area contributed by atoms with Crippen LogP contribution >= 0.6 is 0 Å². The normalized spacial score (nSPS) is 20.7. The molecule has 0 saturated heterocycles. The zero-order valence-electron chi connectivity index (χ0n) is 7.82. The molecule has 0 aliphatic heterocycles.